The van der Waals surface area contributed by atoms with E-state index >= 15 is 0 Å². The van der Waals surface area contributed by atoms with Crippen LogP contribution in [0.2, 0.25) is 5.02 Å². The molecule has 0 aliphatic rings. The molecule has 0 aliphatic heterocycles. The highest BCUT2D eigenvalue weighted by Gasteiger charge is 2.33. The topological polar surface area (TPSA) is 38.3 Å². The second-order valence-corrected chi connectivity index (χ2v) is 5.74. The number of amides is 1. The zero-order valence-corrected chi connectivity index (χ0v) is 14.2. The zero-order chi connectivity index (χ0) is 18.4. The number of carbonyl (C=O) groups excluding carboxylic acids is 1. The van der Waals surface area contributed by atoms with E-state index in [1.165, 1.54) is 11.6 Å². The Bertz CT molecular complexity index is 730. The SMILES string of the molecule is CCc1ccc(OCCC(=O)Nc2ccc(Cl)c(C(F)(F)F)c2)cc1. The van der Waals surface area contributed by atoms with Crippen molar-refractivity contribution < 1.29 is 22.7 Å². The molecule has 0 bridgehead atoms. The summed E-state index contributed by atoms with van der Waals surface area (Å²) in [5.41, 5.74) is 0.224. The number of benzene rings is 2. The van der Waals surface area contributed by atoms with Gasteiger partial charge in [-0.15, -0.1) is 0 Å². The second-order valence-electron chi connectivity index (χ2n) is 5.34. The number of aryl methyl sites for hydroxylation is 1. The fraction of sp³-hybridized carbons (Fsp3) is 0.278. The fourth-order valence-electron chi connectivity index (χ4n) is 2.13. The second kappa shape index (κ2) is 8.25. The molecule has 2 aromatic carbocycles. The highest BCUT2D eigenvalue weighted by atomic mass is 35.5. The highest BCUT2D eigenvalue weighted by molar-refractivity contribution is 6.31. The van der Waals surface area contributed by atoms with Crippen molar-refractivity contribution in [3.8, 4) is 5.75 Å². The van der Waals surface area contributed by atoms with Gasteiger partial charge in [-0.3, -0.25) is 4.79 Å². The number of hydrogen-bond acceptors (Lipinski definition) is 2. The Balaban J connectivity index is 1.87. The lowest BCUT2D eigenvalue weighted by Crippen LogP contribution is -2.16. The summed E-state index contributed by atoms with van der Waals surface area (Å²) in [6, 6.07) is 10.7. The van der Waals surface area contributed by atoms with E-state index in [1.807, 2.05) is 31.2 Å². The van der Waals surface area contributed by atoms with Crippen LogP contribution in [-0.2, 0) is 17.4 Å². The van der Waals surface area contributed by atoms with E-state index in [2.05, 4.69) is 5.32 Å². The maximum Gasteiger partial charge on any atom is 0.417 e. The number of rotatable bonds is 6. The molecule has 25 heavy (non-hydrogen) atoms. The molecule has 0 radical (unpaired) electrons. The molecule has 0 atom stereocenters. The monoisotopic (exact) mass is 371 g/mol. The van der Waals surface area contributed by atoms with Gasteiger partial charge in [-0.05, 0) is 42.3 Å². The number of nitrogens with one attached hydrogen (secondary N) is 1. The van der Waals surface area contributed by atoms with E-state index in [-0.39, 0.29) is 18.7 Å². The first-order chi connectivity index (χ1) is 11.8. The normalized spacial score (nSPS) is 11.2. The number of anilines is 1. The lowest BCUT2D eigenvalue weighted by atomic mass is 10.2. The largest absolute Gasteiger partial charge is 0.493 e. The molecule has 0 spiro atoms. The molecule has 3 nitrogen and oxygen atoms in total. The summed E-state index contributed by atoms with van der Waals surface area (Å²) in [7, 11) is 0. The third kappa shape index (κ3) is 5.67. The number of carbonyl (C=O) groups is 1. The first-order valence-electron chi connectivity index (χ1n) is 7.68. The molecule has 1 amide bonds. The van der Waals surface area contributed by atoms with Crippen LogP contribution in [0.5, 0.6) is 5.75 Å². The van der Waals surface area contributed by atoms with Crippen molar-refractivity contribution >= 4 is 23.2 Å². The van der Waals surface area contributed by atoms with E-state index in [0.717, 1.165) is 18.6 Å². The molecule has 1 N–H and O–H groups in total. The van der Waals surface area contributed by atoms with E-state index in [4.69, 9.17) is 16.3 Å². The van der Waals surface area contributed by atoms with Gasteiger partial charge in [-0.1, -0.05) is 30.7 Å². The minimum absolute atomic E-state index is 0.0134. The van der Waals surface area contributed by atoms with Crippen LogP contribution in [0.4, 0.5) is 18.9 Å². The summed E-state index contributed by atoms with van der Waals surface area (Å²) in [6.07, 6.45) is -3.64. The number of halogens is 4. The number of hydrogen-bond donors (Lipinski definition) is 1. The minimum Gasteiger partial charge on any atom is -0.493 e. The molecule has 7 heteroatoms. The summed E-state index contributed by atoms with van der Waals surface area (Å²) in [6.45, 7) is 2.16. The van der Waals surface area contributed by atoms with Gasteiger partial charge in [0.2, 0.25) is 5.91 Å². The van der Waals surface area contributed by atoms with Crippen molar-refractivity contribution in [2.45, 2.75) is 25.9 Å². The van der Waals surface area contributed by atoms with Crippen LogP contribution >= 0.6 is 11.6 Å². The number of alkyl halides is 3. The Hall–Kier alpha value is -2.21. The molecular weight excluding hydrogens is 355 g/mol. The van der Waals surface area contributed by atoms with Gasteiger partial charge in [-0.2, -0.15) is 13.2 Å². The molecule has 0 aliphatic carbocycles. The Morgan fingerprint density at radius 2 is 1.84 bits per heavy atom. The van der Waals surface area contributed by atoms with Gasteiger partial charge in [0.25, 0.3) is 0 Å². The lowest BCUT2D eigenvalue weighted by molar-refractivity contribution is -0.137. The molecule has 0 saturated heterocycles. The molecule has 0 saturated carbocycles. The zero-order valence-electron chi connectivity index (χ0n) is 13.5. The molecule has 0 heterocycles. The summed E-state index contributed by atoms with van der Waals surface area (Å²) in [5.74, 6) is 0.191. The van der Waals surface area contributed by atoms with E-state index in [0.29, 0.717) is 5.75 Å². The number of ether oxygens (including phenoxy) is 1. The van der Waals surface area contributed by atoms with E-state index < -0.39 is 22.7 Å². The lowest BCUT2D eigenvalue weighted by Gasteiger charge is -2.12. The molecule has 2 aromatic rings. The summed E-state index contributed by atoms with van der Waals surface area (Å²) in [5, 5.41) is 2.00. The average Bonchev–Trinajstić information content (AvgIpc) is 2.56. The van der Waals surface area contributed by atoms with Crippen LogP contribution in [0.25, 0.3) is 0 Å². The molecular formula is C18H17ClF3NO2. The summed E-state index contributed by atoms with van der Waals surface area (Å²) >= 11 is 5.54. The first-order valence-corrected chi connectivity index (χ1v) is 8.05. The van der Waals surface area contributed by atoms with Gasteiger partial charge in [0, 0.05) is 5.69 Å². The van der Waals surface area contributed by atoms with Gasteiger partial charge in [0.1, 0.15) is 5.75 Å². The van der Waals surface area contributed by atoms with Crippen LogP contribution in [-0.4, -0.2) is 12.5 Å². The van der Waals surface area contributed by atoms with Gasteiger partial charge >= 0.3 is 6.18 Å². The van der Waals surface area contributed by atoms with Crippen LogP contribution in [0.3, 0.4) is 0 Å². The third-order valence-electron chi connectivity index (χ3n) is 3.48. The van der Waals surface area contributed by atoms with E-state index in [9.17, 15) is 18.0 Å². The predicted octanol–water partition coefficient (Wildman–Crippen LogP) is 5.33. The van der Waals surface area contributed by atoms with Crippen molar-refractivity contribution in [2.75, 3.05) is 11.9 Å². The molecule has 0 unspecified atom stereocenters. The first kappa shape index (κ1) is 19.1. The third-order valence-corrected chi connectivity index (χ3v) is 3.81. The van der Waals surface area contributed by atoms with Gasteiger partial charge in [0.15, 0.2) is 0 Å². The van der Waals surface area contributed by atoms with Crippen molar-refractivity contribution in [3.63, 3.8) is 0 Å². The Morgan fingerprint density at radius 1 is 1.16 bits per heavy atom. The van der Waals surface area contributed by atoms with Crippen LogP contribution in [0.15, 0.2) is 42.5 Å². The molecule has 2 rings (SSSR count). The standard InChI is InChI=1S/C18H17ClF3NO2/c1-2-12-3-6-14(7-4-12)25-10-9-17(24)23-13-5-8-16(19)15(11-13)18(20,21)22/h3-8,11H,2,9-10H2,1H3,(H,23,24). The van der Waals surface area contributed by atoms with Crippen molar-refractivity contribution in [2.24, 2.45) is 0 Å². The smallest absolute Gasteiger partial charge is 0.417 e. The summed E-state index contributed by atoms with van der Waals surface area (Å²) in [4.78, 5) is 11.8. The van der Waals surface area contributed by atoms with Gasteiger partial charge < -0.3 is 10.1 Å². The van der Waals surface area contributed by atoms with E-state index in [1.54, 1.807) is 0 Å². The molecule has 0 aromatic heterocycles. The van der Waals surface area contributed by atoms with Crippen LogP contribution in [0, 0.1) is 0 Å². The maximum absolute atomic E-state index is 12.8. The highest BCUT2D eigenvalue weighted by Crippen LogP contribution is 2.36. The van der Waals surface area contributed by atoms with Crippen molar-refractivity contribution in [1.82, 2.24) is 0 Å². The molecule has 134 valence electrons. The summed E-state index contributed by atoms with van der Waals surface area (Å²) < 4.78 is 43.8. The van der Waals surface area contributed by atoms with Gasteiger partial charge in [-0.25, -0.2) is 0 Å². The van der Waals surface area contributed by atoms with Crippen LogP contribution in [0.1, 0.15) is 24.5 Å². The Kier molecular flexibility index (Phi) is 6.31. The molecule has 0 fully saturated rings. The van der Waals surface area contributed by atoms with Crippen LogP contribution < -0.4 is 10.1 Å². The van der Waals surface area contributed by atoms with Gasteiger partial charge in [0.05, 0.1) is 23.6 Å². The maximum atomic E-state index is 12.8. The minimum atomic E-state index is -4.58. The van der Waals surface area contributed by atoms with Crippen molar-refractivity contribution in [1.29, 1.82) is 0 Å². The average molecular weight is 372 g/mol. The Labute approximate surface area is 148 Å². The quantitative estimate of drug-likeness (QED) is 0.745. The fourth-order valence-corrected chi connectivity index (χ4v) is 2.35. The predicted molar refractivity (Wildman–Crippen MR) is 91.0 cm³/mol. The Morgan fingerprint density at radius 3 is 2.44 bits per heavy atom. The van der Waals surface area contributed by atoms with Crippen molar-refractivity contribution in [3.05, 3.63) is 58.6 Å².